The molecule has 0 spiro atoms. The van der Waals surface area contributed by atoms with E-state index in [1.54, 1.807) is 24.3 Å². The summed E-state index contributed by atoms with van der Waals surface area (Å²) in [5, 5.41) is 7.29. The molecule has 140 valence electrons. The minimum atomic E-state index is -0.145. The number of rotatable bonds is 7. The van der Waals surface area contributed by atoms with Crippen molar-refractivity contribution in [3.63, 3.8) is 0 Å². The maximum Gasteiger partial charge on any atom is 0.278 e. The van der Waals surface area contributed by atoms with E-state index in [1.165, 1.54) is 4.68 Å². The number of unbranched alkanes of at least 4 members (excludes halogenated alkanes) is 1. The monoisotopic (exact) mass is 355 g/mol. The number of carbonyl (C=O) groups excluding carboxylic acids is 2. The maximum atomic E-state index is 12.8. The van der Waals surface area contributed by atoms with Crippen molar-refractivity contribution in [1.82, 2.24) is 9.78 Å². The molecular weight excluding hydrogens is 326 g/mol. The topological polar surface area (TPSA) is 64.0 Å². The van der Waals surface area contributed by atoms with Crippen LogP contribution < -0.4 is 5.32 Å². The molecule has 1 aromatic carbocycles. The summed E-state index contributed by atoms with van der Waals surface area (Å²) in [7, 11) is 0. The van der Waals surface area contributed by atoms with Gasteiger partial charge in [0.2, 0.25) is 5.91 Å². The van der Waals surface area contributed by atoms with Gasteiger partial charge in [0.15, 0.2) is 0 Å². The fourth-order valence-electron chi connectivity index (χ4n) is 2.99. The van der Waals surface area contributed by atoms with Gasteiger partial charge in [0.25, 0.3) is 5.91 Å². The lowest BCUT2D eigenvalue weighted by Gasteiger charge is -2.08. The largest absolute Gasteiger partial charge is 0.326 e. The highest BCUT2D eigenvalue weighted by Gasteiger charge is 2.17. The number of hydrogen-bond donors (Lipinski definition) is 1. The molecule has 0 saturated carbocycles. The first kappa shape index (κ1) is 19.9. The summed E-state index contributed by atoms with van der Waals surface area (Å²) in [4.78, 5) is 24.6. The molecule has 0 bridgehead atoms. The highest BCUT2D eigenvalue weighted by molar-refractivity contribution is 5.97. The number of aryl methyl sites for hydroxylation is 1. The number of carbonyl (C=O) groups is 2. The van der Waals surface area contributed by atoms with Gasteiger partial charge in [-0.1, -0.05) is 27.2 Å². The lowest BCUT2D eigenvalue weighted by molar-refractivity contribution is -0.116. The summed E-state index contributed by atoms with van der Waals surface area (Å²) in [6.07, 6.45) is 3.63. The summed E-state index contributed by atoms with van der Waals surface area (Å²) in [6.45, 7) is 10.1. The zero-order chi connectivity index (χ0) is 19.3. The van der Waals surface area contributed by atoms with Crippen molar-refractivity contribution in [2.45, 2.75) is 60.3 Å². The molecule has 2 aromatic rings. The molecular formula is C21H29N3O2. The van der Waals surface area contributed by atoms with Crippen molar-refractivity contribution < 1.29 is 9.59 Å². The van der Waals surface area contributed by atoms with E-state index in [0.717, 1.165) is 36.2 Å². The Morgan fingerprint density at radius 3 is 2.38 bits per heavy atom. The van der Waals surface area contributed by atoms with Gasteiger partial charge in [-0.2, -0.15) is 5.10 Å². The molecule has 1 amide bonds. The Bertz CT molecular complexity index is 773. The van der Waals surface area contributed by atoms with Crippen LogP contribution in [-0.4, -0.2) is 21.6 Å². The van der Waals surface area contributed by atoms with Crippen molar-refractivity contribution in [2.24, 2.45) is 5.92 Å². The van der Waals surface area contributed by atoms with Crippen LogP contribution in [-0.2, 0) is 11.2 Å². The van der Waals surface area contributed by atoms with E-state index in [-0.39, 0.29) is 11.8 Å². The molecule has 0 aliphatic carbocycles. The van der Waals surface area contributed by atoms with Gasteiger partial charge >= 0.3 is 0 Å². The third kappa shape index (κ3) is 4.81. The van der Waals surface area contributed by atoms with Gasteiger partial charge in [0.1, 0.15) is 0 Å². The van der Waals surface area contributed by atoms with Crippen LogP contribution in [0.1, 0.15) is 67.3 Å². The van der Waals surface area contributed by atoms with E-state index in [1.807, 2.05) is 27.7 Å². The normalized spacial score (nSPS) is 11.0. The summed E-state index contributed by atoms with van der Waals surface area (Å²) >= 11 is 0. The van der Waals surface area contributed by atoms with Gasteiger partial charge < -0.3 is 5.32 Å². The smallest absolute Gasteiger partial charge is 0.278 e. The number of nitrogens with zero attached hydrogens (tertiary/aromatic N) is 2. The van der Waals surface area contributed by atoms with E-state index in [2.05, 4.69) is 17.3 Å². The third-order valence-electron chi connectivity index (χ3n) is 4.42. The van der Waals surface area contributed by atoms with Crippen LogP contribution in [0, 0.1) is 19.8 Å². The molecule has 0 aliphatic heterocycles. The Balaban J connectivity index is 2.14. The van der Waals surface area contributed by atoms with Crippen molar-refractivity contribution in [1.29, 1.82) is 0 Å². The van der Waals surface area contributed by atoms with Crippen molar-refractivity contribution >= 4 is 17.5 Å². The van der Waals surface area contributed by atoms with Crippen molar-refractivity contribution in [2.75, 3.05) is 5.32 Å². The van der Waals surface area contributed by atoms with Crippen LogP contribution in [0.4, 0.5) is 5.69 Å². The van der Waals surface area contributed by atoms with E-state index < -0.39 is 0 Å². The molecule has 26 heavy (non-hydrogen) atoms. The molecule has 1 heterocycles. The number of anilines is 1. The van der Waals surface area contributed by atoms with Gasteiger partial charge in [-0.3, -0.25) is 9.59 Å². The van der Waals surface area contributed by atoms with Crippen LogP contribution in [0.25, 0.3) is 0 Å². The first-order valence-corrected chi connectivity index (χ1v) is 9.33. The molecule has 1 N–H and O–H groups in total. The second-order valence-corrected chi connectivity index (χ2v) is 7.19. The Kier molecular flexibility index (Phi) is 6.72. The van der Waals surface area contributed by atoms with Crippen molar-refractivity contribution in [3.05, 3.63) is 46.8 Å². The van der Waals surface area contributed by atoms with Gasteiger partial charge in [-0.05, 0) is 62.4 Å². The van der Waals surface area contributed by atoms with E-state index in [9.17, 15) is 9.59 Å². The second kappa shape index (κ2) is 8.79. The minimum absolute atomic E-state index is 0.0156. The molecule has 0 aliphatic rings. The van der Waals surface area contributed by atoms with Crippen LogP contribution in [0.5, 0.6) is 0 Å². The SMILES string of the molecule is CCCCc1c(C)nn(C(=O)c2ccc(NC(=O)CC(C)C)cc2)c1C. The van der Waals surface area contributed by atoms with Gasteiger partial charge in [0, 0.05) is 23.4 Å². The third-order valence-corrected chi connectivity index (χ3v) is 4.42. The number of nitrogens with one attached hydrogen (secondary N) is 1. The van der Waals surface area contributed by atoms with E-state index >= 15 is 0 Å². The summed E-state index contributed by atoms with van der Waals surface area (Å²) in [6, 6.07) is 6.98. The molecule has 0 unspecified atom stereocenters. The summed E-state index contributed by atoms with van der Waals surface area (Å²) in [5.74, 6) is 0.148. The van der Waals surface area contributed by atoms with Crippen molar-refractivity contribution in [3.8, 4) is 0 Å². The Morgan fingerprint density at radius 2 is 1.81 bits per heavy atom. The molecule has 2 rings (SSSR count). The summed E-state index contributed by atoms with van der Waals surface area (Å²) < 4.78 is 1.49. The van der Waals surface area contributed by atoms with Gasteiger partial charge in [0.05, 0.1) is 5.69 Å². The number of benzene rings is 1. The predicted molar refractivity (Wildman–Crippen MR) is 105 cm³/mol. The Labute approximate surface area is 155 Å². The zero-order valence-corrected chi connectivity index (χ0v) is 16.4. The first-order chi connectivity index (χ1) is 12.3. The zero-order valence-electron chi connectivity index (χ0n) is 16.4. The summed E-state index contributed by atoms with van der Waals surface area (Å²) in [5.41, 5.74) is 4.25. The van der Waals surface area contributed by atoms with Gasteiger partial charge in [-0.15, -0.1) is 0 Å². The molecule has 5 heteroatoms. The van der Waals surface area contributed by atoms with E-state index in [4.69, 9.17) is 0 Å². The number of aromatic nitrogens is 2. The Hall–Kier alpha value is -2.43. The lowest BCUT2D eigenvalue weighted by Crippen LogP contribution is -2.16. The minimum Gasteiger partial charge on any atom is -0.326 e. The molecule has 0 fully saturated rings. The fourth-order valence-corrected chi connectivity index (χ4v) is 2.99. The molecule has 0 radical (unpaired) electrons. The molecule has 1 aromatic heterocycles. The highest BCUT2D eigenvalue weighted by Crippen LogP contribution is 2.18. The van der Waals surface area contributed by atoms with Crippen LogP contribution in [0.3, 0.4) is 0 Å². The average molecular weight is 355 g/mol. The van der Waals surface area contributed by atoms with Crippen LogP contribution in [0.15, 0.2) is 24.3 Å². The molecule has 0 saturated heterocycles. The second-order valence-electron chi connectivity index (χ2n) is 7.19. The van der Waals surface area contributed by atoms with Crippen LogP contribution >= 0.6 is 0 Å². The number of amides is 1. The van der Waals surface area contributed by atoms with Gasteiger partial charge in [-0.25, -0.2) is 4.68 Å². The lowest BCUT2D eigenvalue weighted by atomic mass is 10.1. The fraction of sp³-hybridized carbons (Fsp3) is 0.476. The average Bonchev–Trinajstić information content (AvgIpc) is 2.86. The maximum absolute atomic E-state index is 12.8. The quantitative estimate of drug-likeness (QED) is 0.794. The highest BCUT2D eigenvalue weighted by atomic mass is 16.2. The molecule has 0 atom stereocenters. The standard InChI is InChI=1S/C21H29N3O2/c1-6-7-8-19-15(4)23-24(16(19)5)21(26)17-9-11-18(12-10-17)22-20(25)13-14(2)3/h9-12,14H,6-8,13H2,1-5H3,(H,22,25). The van der Waals surface area contributed by atoms with E-state index in [0.29, 0.717) is 23.6 Å². The Morgan fingerprint density at radius 1 is 1.15 bits per heavy atom. The number of hydrogen-bond acceptors (Lipinski definition) is 3. The molecule has 5 nitrogen and oxygen atoms in total. The predicted octanol–water partition coefficient (Wildman–Crippen LogP) is 4.52. The first-order valence-electron chi connectivity index (χ1n) is 9.33. The van der Waals surface area contributed by atoms with Crippen LogP contribution in [0.2, 0.25) is 0 Å².